The van der Waals surface area contributed by atoms with Gasteiger partial charge in [-0.15, -0.1) is 0 Å². The molecule has 0 unspecified atom stereocenters. The van der Waals surface area contributed by atoms with E-state index in [0.717, 1.165) is 30.0 Å². The van der Waals surface area contributed by atoms with Gasteiger partial charge < -0.3 is 15.1 Å². The van der Waals surface area contributed by atoms with Crippen molar-refractivity contribution in [2.75, 3.05) is 31.1 Å². The van der Waals surface area contributed by atoms with Crippen LogP contribution in [0.1, 0.15) is 36.0 Å². The van der Waals surface area contributed by atoms with Gasteiger partial charge in [-0.25, -0.2) is 23.5 Å². The third kappa shape index (κ3) is 5.19. The highest BCUT2D eigenvalue weighted by Gasteiger charge is 2.31. The number of aromatic nitrogens is 2. The zero-order valence-electron chi connectivity index (χ0n) is 19.2. The molecule has 34 heavy (non-hydrogen) atoms. The van der Waals surface area contributed by atoms with Crippen molar-refractivity contribution in [1.29, 1.82) is 5.26 Å². The smallest absolute Gasteiger partial charge is 0.238 e. The molecule has 2 aliphatic rings. The van der Waals surface area contributed by atoms with Crippen molar-refractivity contribution in [2.24, 2.45) is 5.14 Å². The van der Waals surface area contributed by atoms with Gasteiger partial charge in [0.15, 0.2) is 0 Å². The first-order valence-electron chi connectivity index (χ1n) is 11.4. The first-order chi connectivity index (χ1) is 16.3. The minimum atomic E-state index is -3.82. The lowest BCUT2D eigenvalue weighted by Crippen LogP contribution is -2.55. The lowest BCUT2D eigenvalue weighted by atomic mass is 10.0. The van der Waals surface area contributed by atoms with Crippen LogP contribution in [-0.4, -0.2) is 61.4 Å². The SMILES string of the molecule is CC(=O)N1CCN(c2nc(CCc3ccccc3S(N)(=O)=O)nc3c2CCNC3)C[C@@H]1CC#N. The zero-order chi connectivity index (χ0) is 24.3. The minimum absolute atomic E-state index is 0.0250. The van der Waals surface area contributed by atoms with E-state index in [1.54, 1.807) is 23.1 Å². The monoisotopic (exact) mass is 483 g/mol. The maximum atomic E-state index is 12.0. The molecule has 4 rings (SSSR count). The number of nitrogens with zero attached hydrogens (tertiary/aromatic N) is 5. The number of fused-ring (bicyclic) bond motifs is 1. The number of sulfonamides is 1. The largest absolute Gasteiger partial charge is 0.352 e. The molecule has 3 heterocycles. The highest BCUT2D eigenvalue weighted by atomic mass is 32.2. The van der Waals surface area contributed by atoms with Crippen LogP contribution in [0.3, 0.4) is 0 Å². The number of hydrogen-bond acceptors (Lipinski definition) is 8. The lowest BCUT2D eigenvalue weighted by molar-refractivity contribution is -0.131. The Morgan fingerprint density at radius 1 is 1.26 bits per heavy atom. The van der Waals surface area contributed by atoms with Gasteiger partial charge >= 0.3 is 0 Å². The fourth-order valence-corrected chi connectivity index (χ4v) is 5.54. The van der Waals surface area contributed by atoms with Gasteiger partial charge in [-0.2, -0.15) is 5.26 Å². The molecule has 2 aliphatic heterocycles. The highest BCUT2D eigenvalue weighted by Crippen LogP contribution is 2.27. The number of anilines is 1. The number of nitriles is 1. The van der Waals surface area contributed by atoms with Gasteiger partial charge in [0.1, 0.15) is 11.6 Å². The Morgan fingerprint density at radius 3 is 2.79 bits per heavy atom. The van der Waals surface area contributed by atoms with Gasteiger partial charge in [0.05, 0.1) is 29.1 Å². The Morgan fingerprint density at radius 2 is 2.06 bits per heavy atom. The number of hydrogen-bond donors (Lipinski definition) is 2. The van der Waals surface area contributed by atoms with Gasteiger partial charge in [-0.3, -0.25) is 4.79 Å². The van der Waals surface area contributed by atoms with Crippen LogP contribution in [0.25, 0.3) is 0 Å². The second kappa shape index (κ2) is 10.0. The first kappa shape index (κ1) is 24.1. The molecule has 1 amide bonds. The Bertz CT molecular complexity index is 1230. The number of amides is 1. The fraction of sp³-hybridized carbons (Fsp3) is 0.478. The molecule has 0 bridgehead atoms. The standard InChI is InChI=1S/C23H29N7O3S/c1-16(31)30-13-12-29(15-18(30)8-10-24)23-19-9-11-26-14-20(19)27-22(28-23)7-6-17-4-2-3-5-21(17)34(25,32)33/h2-5,18,26H,6-9,11-15H2,1H3,(H2,25,32,33)/t18-/m0/s1. The van der Waals surface area contributed by atoms with E-state index in [-0.39, 0.29) is 23.3 Å². The van der Waals surface area contributed by atoms with Gasteiger partial charge in [0.2, 0.25) is 15.9 Å². The van der Waals surface area contributed by atoms with E-state index in [1.807, 2.05) is 0 Å². The summed E-state index contributed by atoms with van der Waals surface area (Å²) in [6, 6.07) is 8.73. The van der Waals surface area contributed by atoms with Gasteiger partial charge in [0.25, 0.3) is 0 Å². The summed E-state index contributed by atoms with van der Waals surface area (Å²) >= 11 is 0. The Labute approximate surface area is 199 Å². The average Bonchev–Trinajstić information content (AvgIpc) is 2.82. The molecule has 180 valence electrons. The summed E-state index contributed by atoms with van der Waals surface area (Å²) in [5, 5.41) is 18.0. The maximum Gasteiger partial charge on any atom is 0.238 e. The molecular formula is C23H29N7O3S. The fourth-order valence-electron chi connectivity index (χ4n) is 4.74. The lowest BCUT2D eigenvalue weighted by Gasteiger charge is -2.41. The molecular weight excluding hydrogens is 454 g/mol. The van der Waals surface area contributed by atoms with Crippen LogP contribution in [0.5, 0.6) is 0 Å². The second-order valence-electron chi connectivity index (χ2n) is 8.64. The zero-order valence-corrected chi connectivity index (χ0v) is 20.0. The van der Waals surface area contributed by atoms with Crippen LogP contribution in [0.4, 0.5) is 5.82 Å². The molecule has 1 aromatic carbocycles. The quantitative estimate of drug-likeness (QED) is 0.604. The van der Waals surface area contributed by atoms with Crippen LogP contribution in [0.2, 0.25) is 0 Å². The normalized spacial score (nSPS) is 18.3. The van der Waals surface area contributed by atoms with E-state index in [4.69, 9.17) is 15.1 Å². The number of rotatable bonds is 6. The number of primary sulfonamides is 1. The number of nitrogens with two attached hydrogens (primary N) is 1. The minimum Gasteiger partial charge on any atom is -0.352 e. The molecule has 11 heteroatoms. The average molecular weight is 484 g/mol. The van der Waals surface area contributed by atoms with Crippen molar-refractivity contribution in [3.8, 4) is 6.07 Å². The highest BCUT2D eigenvalue weighted by molar-refractivity contribution is 7.89. The van der Waals surface area contributed by atoms with Crippen molar-refractivity contribution in [3.05, 3.63) is 46.9 Å². The summed E-state index contributed by atoms with van der Waals surface area (Å²) in [6.45, 7) is 4.72. The van der Waals surface area contributed by atoms with E-state index in [0.29, 0.717) is 50.4 Å². The second-order valence-corrected chi connectivity index (χ2v) is 10.2. The van der Waals surface area contributed by atoms with Crippen molar-refractivity contribution in [3.63, 3.8) is 0 Å². The summed E-state index contributed by atoms with van der Waals surface area (Å²) in [7, 11) is -3.82. The predicted octanol–water partition coefficient (Wildman–Crippen LogP) is 0.506. The number of benzene rings is 1. The number of aryl methyl sites for hydroxylation is 2. The molecule has 1 atom stereocenters. The van der Waals surface area contributed by atoms with Crippen LogP contribution in [0.15, 0.2) is 29.2 Å². The Hall–Kier alpha value is -3.07. The predicted molar refractivity (Wildman–Crippen MR) is 126 cm³/mol. The number of carbonyl (C=O) groups excluding carboxylic acids is 1. The van der Waals surface area contributed by atoms with E-state index >= 15 is 0 Å². The van der Waals surface area contributed by atoms with Crippen molar-refractivity contribution < 1.29 is 13.2 Å². The van der Waals surface area contributed by atoms with Gasteiger partial charge in [0, 0.05) is 45.1 Å². The topological polar surface area (TPSA) is 145 Å². The Balaban J connectivity index is 1.62. The van der Waals surface area contributed by atoms with Crippen LogP contribution >= 0.6 is 0 Å². The van der Waals surface area contributed by atoms with Crippen LogP contribution < -0.4 is 15.4 Å². The molecule has 0 saturated carbocycles. The molecule has 3 N–H and O–H groups in total. The number of carbonyl (C=O) groups is 1. The van der Waals surface area contributed by atoms with Gasteiger partial charge in [-0.1, -0.05) is 18.2 Å². The first-order valence-corrected chi connectivity index (χ1v) is 12.9. The molecule has 10 nitrogen and oxygen atoms in total. The van der Waals surface area contributed by atoms with Crippen molar-refractivity contribution in [1.82, 2.24) is 20.2 Å². The maximum absolute atomic E-state index is 12.0. The molecule has 0 spiro atoms. The third-order valence-corrected chi connectivity index (χ3v) is 7.38. The molecule has 1 saturated heterocycles. The summed E-state index contributed by atoms with van der Waals surface area (Å²) < 4.78 is 23.9. The van der Waals surface area contributed by atoms with E-state index in [2.05, 4.69) is 16.3 Å². The van der Waals surface area contributed by atoms with Crippen LogP contribution in [-0.2, 0) is 40.6 Å². The molecule has 0 radical (unpaired) electrons. The van der Waals surface area contributed by atoms with E-state index in [1.165, 1.54) is 13.0 Å². The van der Waals surface area contributed by atoms with Crippen molar-refractivity contribution >= 4 is 21.7 Å². The Kier molecular flexibility index (Phi) is 7.11. The molecule has 1 aromatic heterocycles. The third-order valence-electron chi connectivity index (χ3n) is 6.37. The van der Waals surface area contributed by atoms with E-state index < -0.39 is 10.0 Å². The summed E-state index contributed by atoms with van der Waals surface area (Å²) in [6.07, 6.45) is 1.96. The molecule has 2 aromatic rings. The van der Waals surface area contributed by atoms with Crippen LogP contribution in [0, 0.1) is 11.3 Å². The number of piperazine rings is 1. The van der Waals surface area contributed by atoms with E-state index in [9.17, 15) is 18.5 Å². The summed E-state index contributed by atoms with van der Waals surface area (Å²) in [5.74, 6) is 1.46. The van der Waals surface area contributed by atoms with Crippen molar-refractivity contribution in [2.45, 2.75) is 50.1 Å². The molecule has 1 fully saturated rings. The summed E-state index contributed by atoms with van der Waals surface area (Å²) in [5.41, 5.74) is 2.67. The number of nitrogens with one attached hydrogen (secondary N) is 1. The molecule has 0 aliphatic carbocycles. The summed E-state index contributed by atoms with van der Waals surface area (Å²) in [4.78, 5) is 25.8. The van der Waals surface area contributed by atoms with Gasteiger partial charge in [-0.05, 0) is 31.0 Å².